The molecule has 0 saturated carbocycles. The number of anilines is 1. The van der Waals surface area contributed by atoms with Gasteiger partial charge in [-0.15, -0.1) is 0 Å². The molecule has 6 heteroatoms. The quantitative estimate of drug-likeness (QED) is 0.490. The summed E-state index contributed by atoms with van der Waals surface area (Å²) in [6.45, 7) is 3.88. The van der Waals surface area contributed by atoms with E-state index in [1.807, 2.05) is 62.4 Å². The fraction of sp³-hybridized carbons (Fsp3) is 0.136. The second-order valence-corrected chi connectivity index (χ2v) is 6.72. The molecule has 0 spiro atoms. The predicted molar refractivity (Wildman–Crippen MR) is 114 cm³/mol. The van der Waals surface area contributed by atoms with Crippen LogP contribution in [-0.2, 0) is 9.59 Å². The molecule has 1 heterocycles. The number of carbonyl (C=O) groups is 2. The summed E-state index contributed by atoms with van der Waals surface area (Å²) in [5.41, 5.74) is 3.58. The number of carbonyl (C=O) groups excluding carboxylic acids is 2. The van der Waals surface area contributed by atoms with Crippen molar-refractivity contribution in [1.29, 1.82) is 0 Å². The molecule has 1 fully saturated rings. The van der Waals surface area contributed by atoms with Gasteiger partial charge in [-0.25, -0.2) is 0 Å². The zero-order valence-electron chi connectivity index (χ0n) is 15.9. The van der Waals surface area contributed by atoms with Gasteiger partial charge in [-0.05, 0) is 67.0 Å². The summed E-state index contributed by atoms with van der Waals surface area (Å²) in [7, 11) is 1.61. The van der Waals surface area contributed by atoms with Gasteiger partial charge in [0.1, 0.15) is 11.3 Å². The van der Waals surface area contributed by atoms with E-state index in [0.29, 0.717) is 5.69 Å². The van der Waals surface area contributed by atoms with Gasteiger partial charge in [0.05, 0.1) is 12.8 Å². The fourth-order valence-corrected chi connectivity index (χ4v) is 3.12. The Kier molecular flexibility index (Phi) is 5.70. The van der Waals surface area contributed by atoms with Crippen LogP contribution >= 0.6 is 12.2 Å². The highest BCUT2D eigenvalue weighted by atomic mass is 32.1. The SMILES string of the molecule is COc1ccc(/C=C/C=C2\C(=O)NC(=S)N(c3cccc(C)c3C)C2=O)cc1. The van der Waals surface area contributed by atoms with Gasteiger partial charge in [-0.3, -0.25) is 19.8 Å². The van der Waals surface area contributed by atoms with Crippen molar-refractivity contribution in [3.05, 3.63) is 76.9 Å². The summed E-state index contributed by atoms with van der Waals surface area (Å²) in [6, 6.07) is 13.1. The first kappa shape index (κ1) is 19.5. The van der Waals surface area contributed by atoms with Crippen LogP contribution in [0.3, 0.4) is 0 Å². The van der Waals surface area contributed by atoms with Gasteiger partial charge >= 0.3 is 0 Å². The topological polar surface area (TPSA) is 58.6 Å². The monoisotopic (exact) mass is 392 g/mol. The number of hydrogen-bond donors (Lipinski definition) is 1. The van der Waals surface area contributed by atoms with Gasteiger partial charge in [0.2, 0.25) is 0 Å². The second kappa shape index (κ2) is 8.19. The fourth-order valence-electron chi connectivity index (χ4n) is 2.84. The van der Waals surface area contributed by atoms with Gasteiger partial charge in [-0.1, -0.05) is 36.4 Å². The molecule has 1 aliphatic heterocycles. The number of nitrogens with zero attached hydrogens (tertiary/aromatic N) is 1. The molecule has 2 aromatic rings. The Morgan fingerprint density at radius 1 is 1.07 bits per heavy atom. The van der Waals surface area contributed by atoms with Crippen molar-refractivity contribution in [2.75, 3.05) is 12.0 Å². The number of aryl methyl sites for hydroxylation is 1. The molecule has 0 atom stereocenters. The molecule has 1 saturated heterocycles. The van der Waals surface area contributed by atoms with E-state index in [1.54, 1.807) is 13.2 Å². The van der Waals surface area contributed by atoms with Crippen LogP contribution in [0.5, 0.6) is 5.75 Å². The minimum atomic E-state index is -0.504. The molecule has 1 N–H and O–H groups in total. The Balaban J connectivity index is 1.89. The number of ether oxygens (including phenoxy) is 1. The molecule has 5 nitrogen and oxygen atoms in total. The second-order valence-electron chi connectivity index (χ2n) is 6.33. The van der Waals surface area contributed by atoms with E-state index in [1.165, 1.54) is 11.0 Å². The maximum Gasteiger partial charge on any atom is 0.270 e. The zero-order valence-corrected chi connectivity index (χ0v) is 16.7. The molecule has 0 bridgehead atoms. The van der Waals surface area contributed by atoms with Crippen LogP contribution in [-0.4, -0.2) is 24.0 Å². The minimum absolute atomic E-state index is 0.0271. The van der Waals surface area contributed by atoms with Crippen LogP contribution in [0.25, 0.3) is 6.08 Å². The highest BCUT2D eigenvalue weighted by Crippen LogP contribution is 2.26. The van der Waals surface area contributed by atoms with E-state index >= 15 is 0 Å². The van der Waals surface area contributed by atoms with Crippen LogP contribution in [0.1, 0.15) is 16.7 Å². The van der Waals surface area contributed by atoms with Crippen LogP contribution in [0, 0.1) is 13.8 Å². The van der Waals surface area contributed by atoms with E-state index in [0.717, 1.165) is 22.4 Å². The predicted octanol–water partition coefficient (Wildman–Crippen LogP) is 3.70. The molecule has 2 amide bonds. The number of rotatable bonds is 4. The summed E-state index contributed by atoms with van der Waals surface area (Å²) >= 11 is 5.25. The van der Waals surface area contributed by atoms with Gasteiger partial charge in [-0.2, -0.15) is 0 Å². The molecule has 0 unspecified atom stereocenters. The number of allylic oxidation sites excluding steroid dienone is 2. The maximum absolute atomic E-state index is 13.0. The van der Waals surface area contributed by atoms with Gasteiger partial charge in [0, 0.05) is 0 Å². The lowest BCUT2D eigenvalue weighted by atomic mass is 10.1. The van der Waals surface area contributed by atoms with Crippen molar-refractivity contribution in [2.45, 2.75) is 13.8 Å². The molecule has 3 rings (SSSR count). The van der Waals surface area contributed by atoms with E-state index < -0.39 is 11.8 Å². The first-order chi connectivity index (χ1) is 13.4. The normalized spacial score (nSPS) is 16.0. The molecule has 0 aliphatic carbocycles. The summed E-state index contributed by atoms with van der Waals surface area (Å²) in [5.74, 6) is -0.187. The molecule has 0 aromatic heterocycles. The highest BCUT2D eigenvalue weighted by molar-refractivity contribution is 7.80. The lowest BCUT2D eigenvalue weighted by molar-refractivity contribution is -0.122. The average molecular weight is 392 g/mol. The first-order valence-electron chi connectivity index (χ1n) is 8.70. The molecule has 2 aromatic carbocycles. The Morgan fingerprint density at radius 3 is 2.46 bits per heavy atom. The number of nitrogens with one attached hydrogen (secondary N) is 1. The lowest BCUT2D eigenvalue weighted by Gasteiger charge is -2.30. The number of thiocarbonyl (C=S) groups is 1. The summed E-state index contributed by atoms with van der Waals surface area (Å²) in [5, 5.41) is 2.68. The van der Waals surface area contributed by atoms with Crippen LogP contribution < -0.4 is 15.0 Å². The maximum atomic E-state index is 13.0. The van der Waals surface area contributed by atoms with E-state index in [2.05, 4.69) is 5.32 Å². The summed E-state index contributed by atoms with van der Waals surface area (Å²) in [4.78, 5) is 26.7. The van der Waals surface area contributed by atoms with Crippen molar-refractivity contribution < 1.29 is 14.3 Å². The Hall–Kier alpha value is -3.25. The van der Waals surface area contributed by atoms with E-state index in [9.17, 15) is 9.59 Å². The van der Waals surface area contributed by atoms with Crippen LogP contribution in [0.4, 0.5) is 5.69 Å². The van der Waals surface area contributed by atoms with Gasteiger partial charge < -0.3 is 4.74 Å². The first-order valence-corrected chi connectivity index (χ1v) is 9.11. The zero-order chi connectivity index (χ0) is 20.3. The average Bonchev–Trinajstić information content (AvgIpc) is 2.68. The Morgan fingerprint density at radius 2 is 1.79 bits per heavy atom. The third kappa shape index (κ3) is 3.87. The largest absolute Gasteiger partial charge is 0.497 e. The minimum Gasteiger partial charge on any atom is -0.497 e. The van der Waals surface area contributed by atoms with E-state index in [4.69, 9.17) is 17.0 Å². The number of benzene rings is 2. The smallest absolute Gasteiger partial charge is 0.270 e. The van der Waals surface area contributed by atoms with Gasteiger partial charge in [0.25, 0.3) is 11.8 Å². The molecular weight excluding hydrogens is 372 g/mol. The van der Waals surface area contributed by atoms with Crippen LogP contribution in [0.15, 0.2) is 60.2 Å². The van der Waals surface area contributed by atoms with Crippen molar-refractivity contribution in [3.63, 3.8) is 0 Å². The Labute approximate surface area is 169 Å². The van der Waals surface area contributed by atoms with Crippen molar-refractivity contribution in [2.24, 2.45) is 0 Å². The van der Waals surface area contributed by atoms with Crippen molar-refractivity contribution in [3.8, 4) is 5.75 Å². The summed E-state index contributed by atoms with van der Waals surface area (Å²) < 4.78 is 5.13. The summed E-state index contributed by atoms with van der Waals surface area (Å²) in [6.07, 6.45) is 4.98. The lowest BCUT2D eigenvalue weighted by Crippen LogP contribution is -2.54. The molecule has 142 valence electrons. The van der Waals surface area contributed by atoms with Crippen LogP contribution in [0.2, 0.25) is 0 Å². The van der Waals surface area contributed by atoms with Crippen molar-refractivity contribution >= 4 is 40.9 Å². The Bertz CT molecular complexity index is 1010. The third-order valence-electron chi connectivity index (χ3n) is 4.59. The van der Waals surface area contributed by atoms with Crippen molar-refractivity contribution in [1.82, 2.24) is 5.32 Å². The number of methoxy groups -OCH3 is 1. The number of hydrogen-bond acceptors (Lipinski definition) is 4. The molecule has 1 aliphatic rings. The molecule has 28 heavy (non-hydrogen) atoms. The molecular formula is C22H20N2O3S. The van der Waals surface area contributed by atoms with E-state index in [-0.39, 0.29) is 10.7 Å². The molecule has 0 radical (unpaired) electrons. The van der Waals surface area contributed by atoms with Gasteiger partial charge in [0.15, 0.2) is 5.11 Å². The standard InChI is InChI=1S/C22H20N2O3S/c1-14-6-4-9-19(15(14)2)24-21(26)18(20(25)23-22(24)28)8-5-7-16-10-12-17(27-3)13-11-16/h4-13H,1-3H3,(H,23,25,28)/b7-5+,18-8+. The number of amides is 2. The third-order valence-corrected chi connectivity index (χ3v) is 4.87. The highest BCUT2D eigenvalue weighted by Gasteiger charge is 2.34.